The number of hydrogen-bond acceptors (Lipinski definition) is 0. The highest BCUT2D eigenvalue weighted by molar-refractivity contribution is 6.36. The summed E-state index contributed by atoms with van der Waals surface area (Å²) in [5.41, 5.74) is 2.05. The molecule has 0 heterocycles. The topological polar surface area (TPSA) is 0 Å². The van der Waals surface area contributed by atoms with Gasteiger partial charge in [-0.05, 0) is 48.1 Å². The molecule has 0 N–H and O–H groups in total. The van der Waals surface area contributed by atoms with Gasteiger partial charge in [-0.15, -0.1) is 11.6 Å². The standard InChI is InChI=1S/C16H14Cl4/c17-10-11(8-12-4-1-2-5-14(12)18)9-13-15(19)6-3-7-16(13)20/h1-7,11H,8-10H2. The molecule has 1 atom stereocenters. The first-order valence-electron chi connectivity index (χ1n) is 6.34. The largest absolute Gasteiger partial charge is 0.126 e. The van der Waals surface area contributed by atoms with Gasteiger partial charge < -0.3 is 0 Å². The molecule has 2 rings (SSSR count). The average molecular weight is 348 g/mol. The summed E-state index contributed by atoms with van der Waals surface area (Å²) >= 11 is 24.7. The van der Waals surface area contributed by atoms with Crippen molar-refractivity contribution in [1.29, 1.82) is 0 Å². The predicted octanol–water partition coefficient (Wildman–Crippen LogP) is 6.29. The van der Waals surface area contributed by atoms with Crippen LogP contribution in [-0.4, -0.2) is 5.88 Å². The van der Waals surface area contributed by atoms with Gasteiger partial charge in [-0.1, -0.05) is 59.1 Å². The molecule has 0 aliphatic rings. The molecule has 106 valence electrons. The van der Waals surface area contributed by atoms with E-state index >= 15 is 0 Å². The van der Waals surface area contributed by atoms with Crippen LogP contribution in [0.2, 0.25) is 15.1 Å². The van der Waals surface area contributed by atoms with Gasteiger partial charge in [-0.3, -0.25) is 0 Å². The van der Waals surface area contributed by atoms with Gasteiger partial charge in [0, 0.05) is 20.9 Å². The van der Waals surface area contributed by atoms with Crippen molar-refractivity contribution in [2.24, 2.45) is 5.92 Å². The van der Waals surface area contributed by atoms with Gasteiger partial charge in [-0.2, -0.15) is 0 Å². The van der Waals surface area contributed by atoms with Gasteiger partial charge in [0.1, 0.15) is 0 Å². The Bertz CT molecular complexity index is 560. The lowest BCUT2D eigenvalue weighted by Crippen LogP contribution is -2.11. The van der Waals surface area contributed by atoms with E-state index in [1.165, 1.54) is 0 Å². The Balaban J connectivity index is 2.16. The van der Waals surface area contributed by atoms with Crippen molar-refractivity contribution in [3.63, 3.8) is 0 Å². The Morgan fingerprint density at radius 2 is 1.35 bits per heavy atom. The molecular formula is C16H14Cl4. The summed E-state index contributed by atoms with van der Waals surface area (Å²) in [7, 11) is 0. The van der Waals surface area contributed by atoms with Crippen LogP contribution < -0.4 is 0 Å². The maximum atomic E-state index is 6.21. The third-order valence-corrected chi connectivity index (χ3v) is 4.75. The molecule has 0 bridgehead atoms. The Morgan fingerprint density at radius 1 is 0.750 bits per heavy atom. The van der Waals surface area contributed by atoms with Crippen LogP contribution in [0.3, 0.4) is 0 Å². The van der Waals surface area contributed by atoms with Crippen molar-refractivity contribution in [3.8, 4) is 0 Å². The third kappa shape index (κ3) is 4.05. The first-order valence-corrected chi connectivity index (χ1v) is 8.01. The lowest BCUT2D eigenvalue weighted by atomic mass is 9.94. The van der Waals surface area contributed by atoms with E-state index in [0.717, 1.165) is 29.0 Å². The molecule has 2 aromatic rings. The normalized spacial score (nSPS) is 12.4. The zero-order valence-electron chi connectivity index (χ0n) is 10.8. The molecule has 0 saturated carbocycles. The Kier molecular flexibility index (Phi) is 6.04. The molecule has 2 aromatic carbocycles. The zero-order chi connectivity index (χ0) is 14.5. The van der Waals surface area contributed by atoms with Gasteiger partial charge in [0.05, 0.1) is 0 Å². The first-order chi connectivity index (χ1) is 9.61. The van der Waals surface area contributed by atoms with Crippen molar-refractivity contribution in [2.75, 3.05) is 5.88 Å². The van der Waals surface area contributed by atoms with Crippen LogP contribution in [0.15, 0.2) is 42.5 Å². The molecule has 0 radical (unpaired) electrons. The highest BCUT2D eigenvalue weighted by Crippen LogP contribution is 2.29. The van der Waals surface area contributed by atoms with Gasteiger partial charge >= 0.3 is 0 Å². The number of alkyl halides is 1. The number of rotatable bonds is 5. The molecule has 4 heteroatoms. The second-order valence-electron chi connectivity index (χ2n) is 4.72. The smallest absolute Gasteiger partial charge is 0.0452 e. The molecule has 1 unspecified atom stereocenters. The molecule has 0 aromatic heterocycles. The number of halogens is 4. The van der Waals surface area contributed by atoms with Crippen molar-refractivity contribution in [2.45, 2.75) is 12.8 Å². The summed E-state index contributed by atoms with van der Waals surface area (Å²) in [6.07, 6.45) is 1.55. The molecule has 0 nitrogen and oxygen atoms in total. The van der Waals surface area contributed by atoms with Crippen molar-refractivity contribution >= 4 is 46.4 Å². The minimum atomic E-state index is 0.244. The number of benzene rings is 2. The second kappa shape index (κ2) is 7.56. The second-order valence-corrected chi connectivity index (χ2v) is 6.25. The summed E-state index contributed by atoms with van der Waals surface area (Å²) in [6, 6.07) is 13.4. The Labute approximate surface area is 139 Å². The maximum Gasteiger partial charge on any atom is 0.0452 e. The fraction of sp³-hybridized carbons (Fsp3) is 0.250. The van der Waals surface area contributed by atoms with E-state index in [-0.39, 0.29) is 5.92 Å². The van der Waals surface area contributed by atoms with Gasteiger partial charge in [0.15, 0.2) is 0 Å². The Morgan fingerprint density at radius 3 is 1.95 bits per heavy atom. The molecule has 0 saturated heterocycles. The molecule has 0 aliphatic heterocycles. The van der Waals surface area contributed by atoms with Crippen LogP contribution in [0.1, 0.15) is 11.1 Å². The number of hydrogen-bond donors (Lipinski definition) is 0. The SMILES string of the molecule is ClCC(Cc1ccccc1Cl)Cc1c(Cl)cccc1Cl. The summed E-state index contributed by atoms with van der Waals surface area (Å²) in [6.45, 7) is 0. The lowest BCUT2D eigenvalue weighted by molar-refractivity contribution is 0.584. The lowest BCUT2D eigenvalue weighted by Gasteiger charge is -2.16. The first kappa shape index (κ1) is 16.0. The van der Waals surface area contributed by atoms with Crippen LogP contribution in [-0.2, 0) is 12.8 Å². The maximum absolute atomic E-state index is 6.21. The van der Waals surface area contributed by atoms with E-state index in [4.69, 9.17) is 46.4 Å². The minimum absolute atomic E-state index is 0.244. The van der Waals surface area contributed by atoms with Crippen LogP contribution in [0.25, 0.3) is 0 Å². The summed E-state index contributed by atoms with van der Waals surface area (Å²) in [5, 5.41) is 2.14. The van der Waals surface area contributed by atoms with Crippen LogP contribution >= 0.6 is 46.4 Å². The molecule has 0 spiro atoms. The van der Waals surface area contributed by atoms with E-state index in [0.29, 0.717) is 15.9 Å². The van der Waals surface area contributed by atoms with Gasteiger partial charge in [0.25, 0.3) is 0 Å². The van der Waals surface area contributed by atoms with E-state index in [2.05, 4.69) is 0 Å². The molecule has 0 fully saturated rings. The summed E-state index contributed by atoms with van der Waals surface area (Å²) in [5.74, 6) is 0.779. The van der Waals surface area contributed by atoms with E-state index < -0.39 is 0 Å². The quantitative estimate of drug-likeness (QED) is 0.557. The highest BCUT2D eigenvalue weighted by atomic mass is 35.5. The predicted molar refractivity (Wildman–Crippen MR) is 89.5 cm³/mol. The van der Waals surface area contributed by atoms with Crippen molar-refractivity contribution in [1.82, 2.24) is 0 Å². The molecule has 0 aliphatic carbocycles. The van der Waals surface area contributed by atoms with Crippen LogP contribution in [0, 0.1) is 5.92 Å². The average Bonchev–Trinajstić information content (AvgIpc) is 2.44. The van der Waals surface area contributed by atoms with E-state index in [9.17, 15) is 0 Å². The van der Waals surface area contributed by atoms with Gasteiger partial charge in [0.2, 0.25) is 0 Å². The minimum Gasteiger partial charge on any atom is -0.126 e. The molecule has 20 heavy (non-hydrogen) atoms. The van der Waals surface area contributed by atoms with Crippen LogP contribution in [0.4, 0.5) is 0 Å². The van der Waals surface area contributed by atoms with Crippen LogP contribution in [0.5, 0.6) is 0 Å². The molecule has 0 amide bonds. The fourth-order valence-electron chi connectivity index (χ4n) is 2.17. The van der Waals surface area contributed by atoms with Crippen molar-refractivity contribution < 1.29 is 0 Å². The fourth-order valence-corrected chi connectivity index (χ4v) is 3.16. The Hall–Kier alpha value is -0.400. The van der Waals surface area contributed by atoms with E-state index in [1.807, 2.05) is 42.5 Å². The van der Waals surface area contributed by atoms with Crippen molar-refractivity contribution in [3.05, 3.63) is 68.7 Å². The van der Waals surface area contributed by atoms with E-state index in [1.54, 1.807) is 0 Å². The van der Waals surface area contributed by atoms with Gasteiger partial charge in [-0.25, -0.2) is 0 Å². The zero-order valence-corrected chi connectivity index (χ0v) is 13.8. The monoisotopic (exact) mass is 346 g/mol. The summed E-state index contributed by atoms with van der Waals surface area (Å²) in [4.78, 5) is 0. The highest BCUT2D eigenvalue weighted by Gasteiger charge is 2.15. The molecular weight excluding hydrogens is 334 g/mol. The summed E-state index contributed by atoms with van der Waals surface area (Å²) < 4.78 is 0. The third-order valence-electron chi connectivity index (χ3n) is 3.24.